The summed E-state index contributed by atoms with van der Waals surface area (Å²) in [5.74, 6) is -0.132. The fourth-order valence-electron chi connectivity index (χ4n) is 6.58. The minimum Gasteiger partial charge on any atom is -0.507 e. The molecular formula is C44H68O5. The number of hydrogen-bond acceptors (Lipinski definition) is 5. The van der Waals surface area contributed by atoms with E-state index in [2.05, 4.69) is 38.2 Å². The molecule has 0 radical (unpaired) electrons. The molecule has 0 saturated carbocycles. The van der Waals surface area contributed by atoms with Gasteiger partial charge >= 0.3 is 0 Å². The van der Waals surface area contributed by atoms with E-state index in [0.717, 1.165) is 44.1 Å². The van der Waals surface area contributed by atoms with Gasteiger partial charge in [0.2, 0.25) is 5.78 Å². The molecule has 0 unspecified atom stereocenters. The molecule has 1 N–H and O–H groups in total. The third kappa shape index (κ3) is 16.5. The molecule has 0 saturated heterocycles. The Morgan fingerprint density at radius 1 is 0.592 bits per heavy atom. The number of aryl methyl sites for hydroxylation is 1. The Labute approximate surface area is 299 Å². The van der Waals surface area contributed by atoms with Gasteiger partial charge in [-0.15, -0.1) is 0 Å². The van der Waals surface area contributed by atoms with Crippen molar-refractivity contribution in [2.45, 2.75) is 168 Å². The van der Waals surface area contributed by atoms with Gasteiger partial charge in [0.25, 0.3) is 0 Å². The number of unbranched alkanes of at least 4 members (excludes halogenated alkanes) is 18. The van der Waals surface area contributed by atoms with E-state index in [1.165, 1.54) is 122 Å². The van der Waals surface area contributed by atoms with Crippen LogP contribution in [0.4, 0.5) is 0 Å². The maximum atomic E-state index is 13.4. The molecule has 1 aromatic rings. The van der Waals surface area contributed by atoms with Gasteiger partial charge in [-0.1, -0.05) is 128 Å². The van der Waals surface area contributed by atoms with E-state index in [-0.39, 0.29) is 28.6 Å². The molecule has 0 heterocycles. The highest BCUT2D eigenvalue weighted by molar-refractivity contribution is 6.37. The smallest absolute Gasteiger partial charge is 0.224 e. The second kappa shape index (κ2) is 26.7. The number of methoxy groups -OCH3 is 2. The van der Waals surface area contributed by atoms with E-state index in [0.29, 0.717) is 23.3 Å². The number of phenols is 1. The average Bonchev–Trinajstić information content (AvgIpc) is 3.10. The summed E-state index contributed by atoms with van der Waals surface area (Å²) in [6.07, 6.45) is 38.0. The third-order valence-corrected chi connectivity index (χ3v) is 9.56. The molecule has 274 valence electrons. The lowest BCUT2D eigenvalue weighted by molar-refractivity contribution is -0.117. The number of allylic oxidation sites excluding steroid dienone is 7. The molecule has 0 atom stereocenters. The second-order valence-electron chi connectivity index (χ2n) is 13.7. The molecule has 1 aliphatic carbocycles. The van der Waals surface area contributed by atoms with Gasteiger partial charge in [0.05, 0.1) is 19.8 Å². The second-order valence-corrected chi connectivity index (χ2v) is 13.7. The van der Waals surface area contributed by atoms with Crippen LogP contribution < -0.4 is 4.74 Å². The van der Waals surface area contributed by atoms with Crippen molar-refractivity contribution in [3.05, 3.63) is 65.0 Å². The zero-order valence-corrected chi connectivity index (χ0v) is 31.6. The van der Waals surface area contributed by atoms with Gasteiger partial charge in [0.1, 0.15) is 11.5 Å². The lowest BCUT2D eigenvalue weighted by Crippen LogP contribution is -2.20. The van der Waals surface area contributed by atoms with Crippen molar-refractivity contribution in [2.75, 3.05) is 14.2 Å². The molecule has 5 heteroatoms. The molecule has 0 aromatic heterocycles. The van der Waals surface area contributed by atoms with Crippen LogP contribution >= 0.6 is 0 Å². The molecule has 0 fully saturated rings. The minimum atomic E-state index is -0.330. The van der Waals surface area contributed by atoms with Crippen LogP contribution in [0, 0.1) is 0 Å². The number of Topliss-reactive ketones (excluding diaryl/α,β-unsaturated/α-hetero) is 1. The van der Waals surface area contributed by atoms with Crippen molar-refractivity contribution in [1.82, 2.24) is 0 Å². The topological polar surface area (TPSA) is 72.8 Å². The van der Waals surface area contributed by atoms with E-state index in [9.17, 15) is 14.7 Å². The zero-order chi connectivity index (χ0) is 35.5. The van der Waals surface area contributed by atoms with Crippen LogP contribution in [0.2, 0.25) is 0 Å². The largest absolute Gasteiger partial charge is 0.507 e. The highest BCUT2D eigenvalue weighted by Crippen LogP contribution is 2.41. The van der Waals surface area contributed by atoms with Crippen LogP contribution in [-0.2, 0) is 20.7 Å². The highest BCUT2D eigenvalue weighted by atomic mass is 16.5. The average molecular weight is 677 g/mol. The van der Waals surface area contributed by atoms with E-state index in [1.54, 1.807) is 13.2 Å². The fourth-order valence-corrected chi connectivity index (χ4v) is 6.58. The molecule has 1 aliphatic rings. The van der Waals surface area contributed by atoms with Crippen LogP contribution in [0.15, 0.2) is 53.8 Å². The Morgan fingerprint density at radius 3 is 1.55 bits per heavy atom. The van der Waals surface area contributed by atoms with Crippen LogP contribution in [-0.4, -0.2) is 30.9 Å². The normalized spacial score (nSPS) is 13.7. The number of hydrogen-bond donors (Lipinski definition) is 1. The fraction of sp³-hybridized carbons (Fsp3) is 0.636. The van der Waals surface area contributed by atoms with Crippen molar-refractivity contribution in [3.8, 4) is 11.5 Å². The number of aromatic hydroxyl groups is 1. The Bertz CT molecular complexity index is 1220. The zero-order valence-electron chi connectivity index (χ0n) is 31.6. The highest BCUT2D eigenvalue weighted by Gasteiger charge is 2.33. The SMILES string of the molecule is CCCCC=CCCCCCCCCCC1=C(c2c(O)cc(CCCCCCCCCC=CCCCC)cc2OC)C(=O)C=C(OC)C1=O. The number of carbonyl (C=O) groups excluding carboxylic acids is 2. The number of rotatable bonds is 29. The first-order valence-electron chi connectivity index (χ1n) is 19.8. The summed E-state index contributed by atoms with van der Waals surface area (Å²) in [7, 11) is 2.97. The first-order valence-corrected chi connectivity index (χ1v) is 19.8. The van der Waals surface area contributed by atoms with Gasteiger partial charge in [0, 0.05) is 17.2 Å². The molecule has 2 rings (SSSR count). The monoisotopic (exact) mass is 677 g/mol. The van der Waals surface area contributed by atoms with Crippen LogP contribution in [0.1, 0.15) is 173 Å². The van der Waals surface area contributed by atoms with E-state index in [4.69, 9.17) is 9.47 Å². The molecule has 0 spiro atoms. The van der Waals surface area contributed by atoms with Crippen molar-refractivity contribution < 1.29 is 24.2 Å². The van der Waals surface area contributed by atoms with Crippen molar-refractivity contribution in [1.29, 1.82) is 0 Å². The van der Waals surface area contributed by atoms with Gasteiger partial charge < -0.3 is 14.6 Å². The number of ether oxygens (including phenoxy) is 2. The minimum absolute atomic E-state index is 0.0128. The van der Waals surface area contributed by atoms with Crippen LogP contribution in [0.3, 0.4) is 0 Å². The summed E-state index contributed by atoms with van der Waals surface area (Å²) < 4.78 is 11.0. The van der Waals surface area contributed by atoms with Crippen LogP contribution in [0.25, 0.3) is 5.57 Å². The standard InChI is InChI=1S/C44H68O5/c1-5-7-9-11-13-15-17-19-21-23-25-27-29-31-36-33-38(45)43(40(34-36)48-3)42-37(44(47)41(49-4)35-39(42)46)32-30-28-26-24-22-20-18-16-14-12-10-8-6-2/h11-14,33-35,45H,5-10,15-32H2,1-4H3. The van der Waals surface area contributed by atoms with E-state index >= 15 is 0 Å². The number of phenolic OH excluding ortho intramolecular Hbond substituents is 1. The summed E-state index contributed by atoms with van der Waals surface area (Å²) >= 11 is 0. The number of benzene rings is 1. The first kappa shape index (κ1) is 42.1. The molecule has 1 aromatic carbocycles. The number of carbonyl (C=O) groups is 2. The molecule has 5 nitrogen and oxygen atoms in total. The van der Waals surface area contributed by atoms with Crippen LogP contribution in [0.5, 0.6) is 11.5 Å². The number of ketones is 2. The molecule has 0 amide bonds. The maximum absolute atomic E-state index is 13.4. The Balaban J connectivity index is 1.90. The van der Waals surface area contributed by atoms with Gasteiger partial charge in [-0.2, -0.15) is 0 Å². The summed E-state index contributed by atoms with van der Waals surface area (Å²) in [5.41, 5.74) is 1.95. The summed E-state index contributed by atoms with van der Waals surface area (Å²) in [5, 5.41) is 11.2. The van der Waals surface area contributed by atoms with E-state index < -0.39 is 0 Å². The Morgan fingerprint density at radius 2 is 1.06 bits per heavy atom. The quantitative estimate of drug-likeness (QED) is 0.0519. The first-order chi connectivity index (χ1) is 24.0. The summed E-state index contributed by atoms with van der Waals surface area (Å²) in [6, 6.07) is 3.66. The van der Waals surface area contributed by atoms with Gasteiger partial charge in [-0.05, 0) is 81.9 Å². The van der Waals surface area contributed by atoms with Gasteiger partial charge in [-0.3, -0.25) is 9.59 Å². The third-order valence-electron chi connectivity index (χ3n) is 9.56. The lowest BCUT2D eigenvalue weighted by Gasteiger charge is -2.21. The maximum Gasteiger partial charge on any atom is 0.224 e. The van der Waals surface area contributed by atoms with Gasteiger partial charge in [-0.25, -0.2) is 0 Å². The molecular weight excluding hydrogens is 608 g/mol. The molecule has 0 bridgehead atoms. The Hall–Kier alpha value is -3.08. The Kier molecular flexibility index (Phi) is 23.0. The van der Waals surface area contributed by atoms with Gasteiger partial charge in [0.15, 0.2) is 11.5 Å². The van der Waals surface area contributed by atoms with Crippen molar-refractivity contribution in [3.63, 3.8) is 0 Å². The summed E-state index contributed by atoms with van der Waals surface area (Å²) in [4.78, 5) is 26.9. The van der Waals surface area contributed by atoms with E-state index in [1.807, 2.05) is 6.07 Å². The van der Waals surface area contributed by atoms with Crippen molar-refractivity contribution in [2.24, 2.45) is 0 Å². The molecule has 0 aliphatic heterocycles. The molecule has 49 heavy (non-hydrogen) atoms. The summed E-state index contributed by atoms with van der Waals surface area (Å²) in [6.45, 7) is 4.46. The predicted octanol–water partition coefficient (Wildman–Crippen LogP) is 12.5. The predicted molar refractivity (Wildman–Crippen MR) is 206 cm³/mol. The lowest BCUT2D eigenvalue weighted by atomic mass is 9.84. The van der Waals surface area contributed by atoms with Crippen molar-refractivity contribution >= 4 is 17.1 Å².